The number of esters is 1. The minimum absolute atomic E-state index is 0.00862. The highest BCUT2D eigenvalue weighted by Gasteiger charge is 2.32. The number of carbonyl (C=O) groups is 1. The summed E-state index contributed by atoms with van der Waals surface area (Å²) in [5.41, 5.74) is 0. The van der Waals surface area contributed by atoms with Crippen molar-refractivity contribution in [1.82, 2.24) is 0 Å². The zero-order chi connectivity index (χ0) is 15.3. The fourth-order valence-electron chi connectivity index (χ4n) is 1.80. The van der Waals surface area contributed by atoms with Gasteiger partial charge in [0, 0.05) is 19.4 Å². The van der Waals surface area contributed by atoms with Gasteiger partial charge >= 0.3 is 5.97 Å². The quantitative estimate of drug-likeness (QED) is 0.277. The van der Waals surface area contributed by atoms with E-state index in [1.54, 1.807) is 6.92 Å². The van der Waals surface area contributed by atoms with Crippen molar-refractivity contribution >= 4 is 11.9 Å². The monoisotopic (exact) mass is 289 g/mol. The number of ether oxygens (including phenoxy) is 2. The van der Waals surface area contributed by atoms with Crippen molar-refractivity contribution in [3.8, 4) is 0 Å². The molecule has 2 unspecified atom stereocenters. The lowest BCUT2D eigenvalue weighted by Crippen LogP contribution is -2.35. The van der Waals surface area contributed by atoms with Crippen molar-refractivity contribution in [2.45, 2.75) is 37.7 Å². The molecule has 0 radical (unpaired) electrons. The van der Waals surface area contributed by atoms with E-state index < -0.39 is 42.7 Å². The van der Waals surface area contributed by atoms with Crippen LogP contribution in [0, 0.1) is 0 Å². The first-order valence-corrected chi connectivity index (χ1v) is 6.06. The summed E-state index contributed by atoms with van der Waals surface area (Å²) in [6.45, 7) is 1.01. The van der Waals surface area contributed by atoms with Gasteiger partial charge in [0.05, 0.1) is 25.9 Å². The molecule has 0 saturated carbocycles. The molecule has 0 aliphatic carbocycles. The van der Waals surface area contributed by atoms with Crippen LogP contribution in [0.15, 0.2) is 16.8 Å². The van der Waals surface area contributed by atoms with Crippen LogP contribution in [0.4, 0.5) is 0 Å². The lowest BCUT2D eigenvalue weighted by Gasteiger charge is -2.20. The van der Waals surface area contributed by atoms with Gasteiger partial charge in [-0.25, -0.2) is 9.79 Å². The number of rotatable bonds is 6. The summed E-state index contributed by atoms with van der Waals surface area (Å²) in [4.78, 5) is 15.2. The number of carbonyl (C=O) groups excluding carboxylic acids is 1. The molecule has 0 aromatic rings. The molecule has 114 valence electrons. The van der Waals surface area contributed by atoms with Crippen molar-refractivity contribution < 1.29 is 34.7 Å². The van der Waals surface area contributed by atoms with Gasteiger partial charge in [-0.3, -0.25) is 0 Å². The SMILES string of the molecule is COC(=O)/C(O)=C/C1OC(C)=NC1C[C@H](O)[C@H](O)CO. The van der Waals surface area contributed by atoms with E-state index in [1.807, 2.05) is 0 Å². The van der Waals surface area contributed by atoms with Gasteiger partial charge in [0.2, 0.25) is 5.76 Å². The minimum atomic E-state index is -1.29. The van der Waals surface area contributed by atoms with Gasteiger partial charge in [-0.1, -0.05) is 0 Å². The minimum Gasteiger partial charge on any atom is -0.502 e. The molecule has 1 aliphatic rings. The van der Waals surface area contributed by atoms with Gasteiger partial charge in [-0.05, 0) is 0 Å². The molecule has 0 spiro atoms. The van der Waals surface area contributed by atoms with Gasteiger partial charge in [0.15, 0.2) is 5.90 Å². The highest BCUT2D eigenvalue weighted by Crippen LogP contribution is 2.21. The van der Waals surface area contributed by atoms with Gasteiger partial charge in [0.25, 0.3) is 0 Å². The third-order valence-corrected chi connectivity index (χ3v) is 2.86. The van der Waals surface area contributed by atoms with Crippen molar-refractivity contribution in [2.24, 2.45) is 4.99 Å². The summed E-state index contributed by atoms with van der Waals surface area (Å²) < 4.78 is 9.65. The highest BCUT2D eigenvalue weighted by molar-refractivity contribution is 5.86. The number of nitrogens with zero attached hydrogens (tertiary/aromatic N) is 1. The van der Waals surface area contributed by atoms with E-state index in [-0.39, 0.29) is 6.42 Å². The van der Waals surface area contributed by atoms with Gasteiger partial charge in [0.1, 0.15) is 12.2 Å². The second kappa shape index (κ2) is 7.22. The number of aliphatic hydroxyl groups excluding tert-OH is 4. The maximum atomic E-state index is 11.1. The second-order valence-corrected chi connectivity index (χ2v) is 4.39. The maximum absolute atomic E-state index is 11.1. The molecule has 1 aliphatic heterocycles. The molecule has 0 aromatic carbocycles. The molecule has 0 saturated heterocycles. The van der Waals surface area contributed by atoms with Gasteiger partial charge in [-0.15, -0.1) is 0 Å². The van der Waals surface area contributed by atoms with E-state index in [0.717, 1.165) is 13.2 Å². The fourth-order valence-corrected chi connectivity index (χ4v) is 1.80. The molecule has 0 fully saturated rings. The van der Waals surface area contributed by atoms with E-state index in [1.165, 1.54) is 0 Å². The first kappa shape index (κ1) is 16.4. The second-order valence-electron chi connectivity index (χ2n) is 4.39. The Kier molecular flexibility index (Phi) is 5.93. The number of methoxy groups -OCH3 is 1. The molecular formula is C12H19NO7. The van der Waals surface area contributed by atoms with Crippen molar-refractivity contribution in [1.29, 1.82) is 0 Å². The Morgan fingerprint density at radius 2 is 2.15 bits per heavy atom. The van der Waals surface area contributed by atoms with Crippen LogP contribution in [0.5, 0.6) is 0 Å². The molecule has 4 N–H and O–H groups in total. The number of aliphatic imine (C=N–C) groups is 1. The zero-order valence-electron chi connectivity index (χ0n) is 11.3. The van der Waals surface area contributed by atoms with Gasteiger partial charge in [-0.2, -0.15) is 0 Å². The third-order valence-electron chi connectivity index (χ3n) is 2.86. The van der Waals surface area contributed by atoms with Crippen LogP contribution in [-0.4, -0.2) is 70.4 Å². The fraction of sp³-hybridized carbons (Fsp3) is 0.667. The number of hydrogen-bond acceptors (Lipinski definition) is 8. The van der Waals surface area contributed by atoms with Crippen molar-refractivity contribution in [3.63, 3.8) is 0 Å². The normalized spacial score (nSPS) is 25.6. The van der Waals surface area contributed by atoms with Crippen LogP contribution in [0.2, 0.25) is 0 Å². The third kappa shape index (κ3) is 4.19. The van der Waals surface area contributed by atoms with Crippen LogP contribution in [0.25, 0.3) is 0 Å². The lowest BCUT2D eigenvalue weighted by molar-refractivity contribution is -0.139. The zero-order valence-corrected chi connectivity index (χ0v) is 11.3. The topological polar surface area (TPSA) is 129 Å². The van der Waals surface area contributed by atoms with Crippen molar-refractivity contribution in [3.05, 3.63) is 11.8 Å². The molecule has 8 heteroatoms. The maximum Gasteiger partial charge on any atom is 0.372 e. The van der Waals surface area contributed by atoms with Crippen LogP contribution in [0.3, 0.4) is 0 Å². The average Bonchev–Trinajstić information content (AvgIpc) is 2.76. The Bertz CT molecular complexity index is 407. The molecule has 1 heterocycles. The smallest absolute Gasteiger partial charge is 0.372 e. The van der Waals surface area contributed by atoms with Crippen LogP contribution < -0.4 is 0 Å². The van der Waals surface area contributed by atoms with Crippen LogP contribution >= 0.6 is 0 Å². The Labute approximate surface area is 116 Å². The summed E-state index contributed by atoms with van der Waals surface area (Å²) >= 11 is 0. The Hall–Kier alpha value is -1.64. The van der Waals surface area contributed by atoms with Gasteiger partial charge < -0.3 is 29.9 Å². The Balaban J connectivity index is 2.75. The predicted molar refractivity (Wildman–Crippen MR) is 68.2 cm³/mol. The lowest BCUT2D eigenvalue weighted by atomic mass is 10.0. The van der Waals surface area contributed by atoms with Crippen LogP contribution in [-0.2, 0) is 14.3 Å². The molecule has 20 heavy (non-hydrogen) atoms. The predicted octanol–water partition coefficient (Wildman–Crippen LogP) is -1.11. The number of hydrogen-bond donors (Lipinski definition) is 4. The summed E-state index contributed by atoms with van der Waals surface area (Å²) in [6, 6.07) is -0.585. The first-order valence-electron chi connectivity index (χ1n) is 6.06. The summed E-state index contributed by atoms with van der Waals surface area (Å²) in [5.74, 6) is -1.20. The summed E-state index contributed by atoms with van der Waals surface area (Å²) in [7, 11) is 1.13. The standard InChI is InChI=1S/C12H19NO7/c1-6-13-7(3-8(15)10(17)5-14)11(20-6)4-9(16)12(18)19-2/h4,7-8,10-11,14-17H,3,5H2,1-2H3/b9-4-/t7?,8-,10+,11?/m0/s1. The average molecular weight is 289 g/mol. The van der Waals surface area contributed by atoms with Crippen molar-refractivity contribution in [2.75, 3.05) is 13.7 Å². The van der Waals surface area contributed by atoms with E-state index in [2.05, 4.69) is 9.73 Å². The molecule has 0 aromatic heterocycles. The molecule has 8 nitrogen and oxygen atoms in total. The molecule has 4 atom stereocenters. The molecule has 1 rings (SSSR count). The highest BCUT2D eigenvalue weighted by atomic mass is 16.5. The summed E-state index contributed by atoms with van der Waals surface area (Å²) in [5, 5.41) is 37.2. The number of aliphatic hydroxyl groups is 4. The Morgan fingerprint density at radius 3 is 2.70 bits per heavy atom. The van der Waals surface area contributed by atoms with E-state index in [0.29, 0.717) is 5.90 Å². The van der Waals surface area contributed by atoms with E-state index in [4.69, 9.17) is 9.84 Å². The molecule has 0 bridgehead atoms. The molecule has 0 amide bonds. The largest absolute Gasteiger partial charge is 0.502 e. The summed E-state index contributed by atoms with van der Waals surface area (Å²) in [6.07, 6.45) is -2.09. The Morgan fingerprint density at radius 1 is 1.50 bits per heavy atom. The first-order chi connectivity index (χ1) is 9.38. The van der Waals surface area contributed by atoms with E-state index >= 15 is 0 Å². The van der Waals surface area contributed by atoms with Crippen LogP contribution in [0.1, 0.15) is 13.3 Å². The van der Waals surface area contributed by atoms with E-state index in [9.17, 15) is 20.1 Å². The molecular weight excluding hydrogens is 270 g/mol.